The third-order valence-corrected chi connectivity index (χ3v) is 9.79. The SMILES string of the molecule is c1ccc([P+](Cc2ccns2)(c2ccccc2)c2ccccc2)cc1. The van der Waals surface area contributed by atoms with Crippen LogP contribution in [0.5, 0.6) is 0 Å². The number of nitrogens with zero attached hydrogens (tertiary/aromatic N) is 1. The van der Waals surface area contributed by atoms with Crippen LogP contribution in [0.15, 0.2) is 103 Å². The molecule has 0 radical (unpaired) electrons. The minimum Gasteiger partial charge on any atom is -0.201 e. The van der Waals surface area contributed by atoms with Crippen molar-refractivity contribution >= 4 is 34.7 Å². The average molecular weight is 360 g/mol. The summed E-state index contributed by atoms with van der Waals surface area (Å²) in [7, 11) is -1.77. The Hall–Kier alpha value is -2.28. The number of benzene rings is 3. The van der Waals surface area contributed by atoms with Crippen LogP contribution in [0.2, 0.25) is 0 Å². The van der Waals surface area contributed by atoms with E-state index in [0.717, 1.165) is 6.16 Å². The van der Waals surface area contributed by atoms with E-state index < -0.39 is 7.26 Å². The summed E-state index contributed by atoms with van der Waals surface area (Å²) in [5.74, 6) is 0. The molecule has 0 N–H and O–H groups in total. The van der Waals surface area contributed by atoms with Crippen molar-refractivity contribution < 1.29 is 0 Å². The molecular formula is C22H19NPS+. The highest BCUT2D eigenvalue weighted by Gasteiger charge is 2.45. The smallest absolute Gasteiger partial charge is 0.117 e. The summed E-state index contributed by atoms with van der Waals surface area (Å²) in [5.41, 5.74) is 0. The Morgan fingerprint density at radius 1 is 0.600 bits per heavy atom. The van der Waals surface area contributed by atoms with Gasteiger partial charge < -0.3 is 0 Å². The van der Waals surface area contributed by atoms with Gasteiger partial charge in [-0.3, -0.25) is 0 Å². The third kappa shape index (κ3) is 3.16. The van der Waals surface area contributed by atoms with Gasteiger partial charge in [-0.25, -0.2) is 4.37 Å². The van der Waals surface area contributed by atoms with Crippen molar-refractivity contribution in [2.24, 2.45) is 0 Å². The van der Waals surface area contributed by atoms with E-state index in [0.29, 0.717) is 0 Å². The highest BCUT2D eigenvalue weighted by Crippen LogP contribution is 2.58. The second-order valence-corrected chi connectivity index (χ2v) is 10.4. The van der Waals surface area contributed by atoms with Gasteiger partial charge in [-0.2, -0.15) is 0 Å². The standard InChI is InChI=1S/C22H19NPS/c1-4-10-19(11-5-1)24(18-22-16-17-23-25-22,20-12-6-2-7-13-20)21-14-8-3-9-15-21/h1-17H,18H2/q+1. The maximum absolute atomic E-state index is 4.35. The second kappa shape index (κ2) is 7.31. The summed E-state index contributed by atoms with van der Waals surface area (Å²) in [6, 6.07) is 35.1. The molecule has 25 heavy (non-hydrogen) atoms. The van der Waals surface area contributed by atoms with E-state index in [1.807, 2.05) is 6.20 Å². The molecule has 1 aromatic heterocycles. The molecule has 0 aliphatic carbocycles. The molecule has 0 fully saturated rings. The minimum absolute atomic E-state index is 1.01. The van der Waals surface area contributed by atoms with Gasteiger partial charge in [0.15, 0.2) is 0 Å². The van der Waals surface area contributed by atoms with Gasteiger partial charge >= 0.3 is 0 Å². The Bertz CT molecular complexity index is 810. The van der Waals surface area contributed by atoms with Crippen molar-refractivity contribution in [3.05, 3.63) is 108 Å². The van der Waals surface area contributed by atoms with Gasteiger partial charge in [0.2, 0.25) is 0 Å². The first-order valence-corrected chi connectivity index (χ1v) is 11.1. The zero-order valence-corrected chi connectivity index (χ0v) is 15.5. The largest absolute Gasteiger partial charge is 0.201 e. The average Bonchev–Trinajstić information content (AvgIpc) is 3.21. The first-order valence-electron chi connectivity index (χ1n) is 8.34. The van der Waals surface area contributed by atoms with E-state index in [4.69, 9.17) is 0 Å². The van der Waals surface area contributed by atoms with Gasteiger partial charge in [0.25, 0.3) is 0 Å². The van der Waals surface area contributed by atoms with Gasteiger partial charge in [-0.15, -0.1) is 0 Å². The fraction of sp³-hybridized carbons (Fsp3) is 0.0455. The van der Waals surface area contributed by atoms with Crippen LogP contribution in [-0.2, 0) is 6.16 Å². The molecule has 0 amide bonds. The number of rotatable bonds is 5. The van der Waals surface area contributed by atoms with Crippen molar-refractivity contribution in [1.82, 2.24) is 4.37 Å². The van der Waals surface area contributed by atoms with Crippen molar-refractivity contribution in [2.45, 2.75) is 6.16 Å². The summed E-state index contributed by atoms with van der Waals surface area (Å²) in [6.45, 7) is 0. The number of hydrogen-bond acceptors (Lipinski definition) is 2. The molecule has 3 heteroatoms. The summed E-state index contributed by atoms with van der Waals surface area (Å²) >= 11 is 1.61. The summed E-state index contributed by atoms with van der Waals surface area (Å²) in [4.78, 5) is 1.34. The first-order chi connectivity index (χ1) is 12.4. The molecule has 1 heterocycles. The van der Waals surface area contributed by atoms with E-state index in [1.165, 1.54) is 20.8 Å². The van der Waals surface area contributed by atoms with Crippen molar-refractivity contribution in [3.8, 4) is 0 Å². The zero-order chi connectivity index (χ0) is 17.0. The van der Waals surface area contributed by atoms with E-state index in [-0.39, 0.29) is 0 Å². The van der Waals surface area contributed by atoms with Gasteiger partial charge in [-0.1, -0.05) is 54.6 Å². The van der Waals surface area contributed by atoms with Gasteiger partial charge in [0.05, 0.1) is 4.88 Å². The molecule has 0 saturated carbocycles. The normalized spacial score (nSPS) is 11.4. The highest BCUT2D eigenvalue weighted by molar-refractivity contribution is 7.95. The molecule has 1 nitrogen and oxygen atoms in total. The predicted molar refractivity (Wildman–Crippen MR) is 111 cm³/mol. The van der Waals surface area contributed by atoms with E-state index in [9.17, 15) is 0 Å². The molecule has 0 bridgehead atoms. The fourth-order valence-corrected chi connectivity index (χ4v) is 8.58. The summed E-state index contributed by atoms with van der Waals surface area (Å²) < 4.78 is 4.35. The monoisotopic (exact) mass is 360 g/mol. The van der Waals surface area contributed by atoms with Crippen molar-refractivity contribution in [2.75, 3.05) is 0 Å². The predicted octanol–water partition coefficient (Wildman–Crippen LogP) is 4.64. The number of hydrogen-bond donors (Lipinski definition) is 0. The molecule has 4 aromatic rings. The Labute approximate surface area is 153 Å². The molecule has 122 valence electrons. The van der Waals surface area contributed by atoms with E-state index in [2.05, 4.69) is 101 Å². The molecule has 0 unspecified atom stereocenters. The van der Waals surface area contributed by atoms with Crippen LogP contribution in [0.1, 0.15) is 4.88 Å². The molecule has 0 aliphatic heterocycles. The molecule has 0 atom stereocenters. The lowest BCUT2D eigenvalue weighted by molar-refractivity contribution is 1.49. The minimum atomic E-state index is -1.77. The lowest BCUT2D eigenvalue weighted by Crippen LogP contribution is -2.32. The Balaban J connectivity index is 2.01. The molecule has 0 spiro atoms. The Morgan fingerprint density at radius 2 is 1.04 bits per heavy atom. The summed E-state index contributed by atoms with van der Waals surface area (Å²) in [6.07, 6.45) is 2.92. The van der Waals surface area contributed by atoms with Crippen LogP contribution in [0.25, 0.3) is 0 Å². The van der Waals surface area contributed by atoms with Crippen LogP contribution in [-0.4, -0.2) is 4.37 Å². The molecule has 0 aliphatic rings. The van der Waals surface area contributed by atoms with Crippen LogP contribution in [0.4, 0.5) is 0 Å². The highest BCUT2D eigenvalue weighted by atomic mass is 32.1. The third-order valence-electron chi connectivity index (χ3n) is 4.48. The van der Waals surface area contributed by atoms with Crippen LogP contribution in [0, 0.1) is 0 Å². The van der Waals surface area contributed by atoms with Gasteiger partial charge in [0.1, 0.15) is 29.3 Å². The lowest BCUT2D eigenvalue weighted by Gasteiger charge is -2.27. The zero-order valence-electron chi connectivity index (χ0n) is 13.8. The van der Waals surface area contributed by atoms with Crippen molar-refractivity contribution in [1.29, 1.82) is 0 Å². The van der Waals surface area contributed by atoms with Gasteiger partial charge in [-0.05, 0) is 54.0 Å². The molecular weight excluding hydrogens is 341 g/mol. The molecule has 0 saturated heterocycles. The Morgan fingerprint density at radius 3 is 1.40 bits per heavy atom. The topological polar surface area (TPSA) is 12.9 Å². The first kappa shape index (κ1) is 16.2. The van der Waals surface area contributed by atoms with E-state index in [1.54, 1.807) is 11.5 Å². The van der Waals surface area contributed by atoms with Crippen molar-refractivity contribution in [3.63, 3.8) is 0 Å². The molecule has 4 rings (SSSR count). The summed E-state index contributed by atoms with van der Waals surface area (Å²) in [5, 5.41) is 4.25. The maximum atomic E-state index is 4.35. The fourth-order valence-electron chi connectivity index (χ4n) is 3.33. The second-order valence-electron chi connectivity index (χ2n) is 5.95. The van der Waals surface area contributed by atoms with Crippen LogP contribution >= 0.6 is 18.8 Å². The molecule has 3 aromatic carbocycles. The van der Waals surface area contributed by atoms with E-state index >= 15 is 0 Å². The maximum Gasteiger partial charge on any atom is 0.117 e. The lowest BCUT2D eigenvalue weighted by atomic mass is 10.4. The Kier molecular flexibility index (Phi) is 4.74. The quantitative estimate of drug-likeness (QED) is 0.473. The van der Waals surface area contributed by atoms with Gasteiger partial charge in [0, 0.05) is 6.20 Å². The van der Waals surface area contributed by atoms with Crippen LogP contribution in [0.3, 0.4) is 0 Å². The van der Waals surface area contributed by atoms with Crippen LogP contribution < -0.4 is 15.9 Å². The number of aromatic nitrogens is 1.